The molecule has 2 fully saturated rings. The Morgan fingerprint density at radius 1 is 0.780 bits per heavy atom. The van der Waals surface area contributed by atoms with Crippen LogP contribution in [-0.2, 0) is 14.2 Å². The lowest BCUT2D eigenvalue weighted by molar-refractivity contribution is -0.318. The third-order valence-corrected chi connectivity index (χ3v) is 7.09. The Morgan fingerprint density at radius 3 is 2.15 bits per heavy atom. The van der Waals surface area contributed by atoms with Crippen molar-refractivity contribution in [3.05, 3.63) is 52.7 Å². The van der Waals surface area contributed by atoms with Crippen molar-refractivity contribution in [2.75, 3.05) is 6.61 Å². The van der Waals surface area contributed by atoms with Crippen molar-refractivity contribution in [3.8, 4) is 28.6 Å². The van der Waals surface area contributed by atoms with Gasteiger partial charge in [0.1, 0.15) is 76.7 Å². The summed E-state index contributed by atoms with van der Waals surface area (Å²) in [5.41, 5.74) is -0.149. The molecule has 10 atom stereocenters. The molecule has 8 N–H and O–H groups in total. The molecular formula is C27H30O14. The number of fused-ring (bicyclic) bond motifs is 1. The maximum atomic E-state index is 12.7. The minimum absolute atomic E-state index is 0.0145. The fourth-order valence-corrected chi connectivity index (χ4v) is 4.71. The first-order chi connectivity index (χ1) is 19.4. The highest BCUT2D eigenvalue weighted by molar-refractivity contribution is 5.86. The molecule has 2 aliphatic heterocycles. The second-order valence-corrected chi connectivity index (χ2v) is 9.98. The molecular weight excluding hydrogens is 548 g/mol. The van der Waals surface area contributed by atoms with Crippen molar-refractivity contribution >= 4 is 11.0 Å². The summed E-state index contributed by atoms with van der Waals surface area (Å²) in [4.78, 5) is 12.7. The molecule has 2 aromatic carbocycles. The van der Waals surface area contributed by atoms with Crippen LogP contribution in [-0.4, -0.2) is 109 Å². The van der Waals surface area contributed by atoms with Crippen molar-refractivity contribution in [2.45, 2.75) is 68.3 Å². The van der Waals surface area contributed by atoms with Gasteiger partial charge in [-0.3, -0.25) is 4.79 Å². The van der Waals surface area contributed by atoms with E-state index < -0.39 is 79.2 Å². The van der Waals surface area contributed by atoms with Crippen molar-refractivity contribution < 1.29 is 64.2 Å². The number of phenols is 2. The van der Waals surface area contributed by atoms with Crippen LogP contribution < -0.4 is 10.2 Å². The zero-order chi connectivity index (χ0) is 29.6. The number of aliphatic hydroxyl groups excluding tert-OH is 6. The highest BCUT2D eigenvalue weighted by atomic mass is 16.7. The van der Waals surface area contributed by atoms with Gasteiger partial charge in [-0.05, 0) is 31.2 Å². The Kier molecular flexibility index (Phi) is 8.20. The van der Waals surface area contributed by atoms with E-state index in [4.69, 9.17) is 23.4 Å². The lowest BCUT2D eigenvalue weighted by Crippen LogP contribution is -2.61. The van der Waals surface area contributed by atoms with Gasteiger partial charge in [-0.1, -0.05) is 0 Å². The predicted octanol–water partition coefficient (Wildman–Crippen LogP) is -1.10. The van der Waals surface area contributed by atoms with E-state index in [2.05, 4.69) is 0 Å². The highest BCUT2D eigenvalue weighted by Crippen LogP contribution is 2.34. The third kappa shape index (κ3) is 5.74. The van der Waals surface area contributed by atoms with Gasteiger partial charge in [-0.25, -0.2) is 0 Å². The molecule has 14 heteroatoms. The van der Waals surface area contributed by atoms with Gasteiger partial charge < -0.3 is 64.2 Å². The van der Waals surface area contributed by atoms with Crippen LogP contribution in [0.3, 0.4) is 0 Å². The van der Waals surface area contributed by atoms with Crippen molar-refractivity contribution in [2.24, 2.45) is 0 Å². The van der Waals surface area contributed by atoms with Gasteiger partial charge in [-0.15, -0.1) is 0 Å². The second-order valence-electron chi connectivity index (χ2n) is 9.98. The Labute approximate surface area is 231 Å². The molecule has 41 heavy (non-hydrogen) atoms. The molecule has 14 nitrogen and oxygen atoms in total. The molecule has 3 heterocycles. The number of phenolic OH excluding ortho intramolecular Hbond substituents is 2. The Hall–Kier alpha value is -3.31. The van der Waals surface area contributed by atoms with Crippen LogP contribution in [0, 0.1) is 0 Å². The van der Waals surface area contributed by atoms with Gasteiger partial charge in [0, 0.05) is 23.8 Å². The van der Waals surface area contributed by atoms with Crippen LogP contribution in [0.1, 0.15) is 6.92 Å². The summed E-state index contributed by atoms with van der Waals surface area (Å²) < 4.78 is 27.9. The molecule has 222 valence electrons. The van der Waals surface area contributed by atoms with E-state index in [1.54, 1.807) is 0 Å². The maximum absolute atomic E-state index is 12.7. The van der Waals surface area contributed by atoms with E-state index in [0.29, 0.717) is 5.56 Å². The van der Waals surface area contributed by atoms with Gasteiger partial charge >= 0.3 is 0 Å². The number of aromatic hydroxyl groups is 2. The summed E-state index contributed by atoms with van der Waals surface area (Å²) in [5.74, 6) is -0.457. The number of hydrogen-bond acceptors (Lipinski definition) is 14. The molecule has 3 aromatic rings. The van der Waals surface area contributed by atoms with Crippen LogP contribution in [0.5, 0.6) is 17.2 Å². The topological polar surface area (TPSA) is 229 Å². The quantitative estimate of drug-likeness (QED) is 0.174. The predicted molar refractivity (Wildman–Crippen MR) is 137 cm³/mol. The molecule has 5 rings (SSSR count). The molecule has 2 saturated heterocycles. The number of hydrogen-bond donors (Lipinski definition) is 8. The molecule has 2 aliphatic rings. The maximum Gasteiger partial charge on any atom is 0.229 e. The summed E-state index contributed by atoms with van der Waals surface area (Å²) in [7, 11) is 0. The minimum atomic E-state index is -1.76. The fraction of sp³-hybridized carbons (Fsp3) is 0.444. The molecule has 1 aromatic heterocycles. The number of ether oxygens (including phenoxy) is 4. The number of aliphatic hydroxyl groups is 6. The van der Waals surface area contributed by atoms with Crippen molar-refractivity contribution in [1.29, 1.82) is 0 Å². The Bertz CT molecular complexity index is 1420. The van der Waals surface area contributed by atoms with Gasteiger partial charge in [0.05, 0.1) is 12.7 Å². The summed E-state index contributed by atoms with van der Waals surface area (Å²) in [6, 6.07) is 9.40. The van der Waals surface area contributed by atoms with Crippen LogP contribution in [0.15, 0.2) is 51.7 Å². The van der Waals surface area contributed by atoms with Crippen LogP contribution in [0.25, 0.3) is 22.3 Å². The number of benzene rings is 2. The minimum Gasteiger partial charge on any atom is -0.508 e. The van der Waals surface area contributed by atoms with Crippen LogP contribution >= 0.6 is 0 Å². The molecule has 0 saturated carbocycles. The monoisotopic (exact) mass is 578 g/mol. The van der Waals surface area contributed by atoms with Crippen LogP contribution in [0.2, 0.25) is 0 Å². The summed E-state index contributed by atoms with van der Waals surface area (Å²) in [6.07, 6.45) is -14.9. The first-order valence-corrected chi connectivity index (χ1v) is 12.7. The van der Waals surface area contributed by atoms with E-state index in [-0.39, 0.29) is 28.2 Å². The molecule has 0 aliphatic carbocycles. The molecule has 0 bridgehead atoms. The molecule has 0 spiro atoms. The van der Waals surface area contributed by atoms with E-state index in [1.165, 1.54) is 43.3 Å². The normalized spacial score (nSPS) is 34.0. The van der Waals surface area contributed by atoms with E-state index in [0.717, 1.165) is 6.07 Å². The SMILES string of the molecule is C[C@@H]1O[C@@H](OCC2O[C@@H](Oc3cc(O)c4c(=O)cc(-c5ccc(O)cc5)oc4c3)[C@H](O)[C@@H](O)[C@@H]2O)[C@H](O)[C@H](O)[C@H]1O. The summed E-state index contributed by atoms with van der Waals surface area (Å²) in [5, 5.41) is 81.2. The van der Waals surface area contributed by atoms with E-state index >= 15 is 0 Å². The third-order valence-electron chi connectivity index (χ3n) is 7.09. The van der Waals surface area contributed by atoms with E-state index in [1.807, 2.05) is 0 Å². The van der Waals surface area contributed by atoms with Gasteiger partial charge in [0.15, 0.2) is 11.7 Å². The van der Waals surface area contributed by atoms with Gasteiger partial charge in [0.25, 0.3) is 0 Å². The number of rotatable bonds is 6. The average molecular weight is 579 g/mol. The zero-order valence-electron chi connectivity index (χ0n) is 21.5. The molecule has 0 radical (unpaired) electrons. The highest BCUT2D eigenvalue weighted by Gasteiger charge is 2.47. The molecule has 1 unspecified atom stereocenters. The average Bonchev–Trinajstić information content (AvgIpc) is 2.94. The first-order valence-electron chi connectivity index (χ1n) is 12.7. The van der Waals surface area contributed by atoms with Gasteiger partial charge in [0.2, 0.25) is 6.29 Å². The van der Waals surface area contributed by atoms with E-state index in [9.17, 15) is 45.6 Å². The smallest absolute Gasteiger partial charge is 0.229 e. The fourth-order valence-electron chi connectivity index (χ4n) is 4.71. The second kappa shape index (κ2) is 11.5. The molecule has 0 amide bonds. The standard InChI is InChI=1S/C27H30O14/c1-10-20(31)22(33)24(35)26(38-10)37-9-18-21(32)23(34)25(36)27(41-18)39-13-6-14(29)19-15(30)8-16(40-17(19)7-13)11-2-4-12(28)5-3-11/h2-8,10,18,20-29,31-36H,9H2,1H3/t10-,18?,20-,21+,22+,23-,24+,25+,26+,27+/m0/s1. The lowest BCUT2D eigenvalue weighted by atomic mass is 9.98. The Balaban J connectivity index is 1.35. The lowest BCUT2D eigenvalue weighted by Gasteiger charge is -2.42. The van der Waals surface area contributed by atoms with Crippen LogP contribution in [0.4, 0.5) is 0 Å². The van der Waals surface area contributed by atoms with Gasteiger partial charge in [-0.2, -0.15) is 0 Å². The summed E-state index contributed by atoms with van der Waals surface area (Å²) >= 11 is 0. The zero-order valence-corrected chi connectivity index (χ0v) is 21.5. The van der Waals surface area contributed by atoms with Crippen molar-refractivity contribution in [1.82, 2.24) is 0 Å². The summed E-state index contributed by atoms with van der Waals surface area (Å²) in [6.45, 7) is 0.969. The Morgan fingerprint density at radius 2 is 1.44 bits per heavy atom. The van der Waals surface area contributed by atoms with Crippen molar-refractivity contribution in [3.63, 3.8) is 0 Å². The largest absolute Gasteiger partial charge is 0.508 e. The first kappa shape index (κ1) is 29.2.